The smallest absolute Gasteiger partial charge is 0.410 e. The summed E-state index contributed by atoms with van der Waals surface area (Å²) in [5.41, 5.74) is 1.24. The van der Waals surface area contributed by atoms with Crippen LogP contribution in [-0.2, 0) is 19.1 Å². The number of piperazine rings is 2. The molecule has 6 aromatic heterocycles. The number of amides is 4. The summed E-state index contributed by atoms with van der Waals surface area (Å²) in [6, 6.07) is 11.9. The van der Waals surface area contributed by atoms with Gasteiger partial charge in [-0.3, -0.25) is 38.3 Å². The van der Waals surface area contributed by atoms with E-state index in [1.54, 1.807) is 116 Å². The van der Waals surface area contributed by atoms with Crippen LogP contribution < -0.4 is 31.1 Å². The number of aryl methyl sites for hydroxylation is 4. The van der Waals surface area contributed by atoms with E-state index in [4.69, 9.17) is 19.4 Å². The number of hydrogen-bond donors (Lipinski definition) is 1. The lowest BCUT2D eigenvalue weighted by Crippen LogP contribution is -2.67. The van der Waals surface area contributed by atoms with Crippen LogP contribution in [0.3, 0.4) is 0 Å². The number of nitrogens with one attached hydrogen (secondary N) is 1. The van der Waals surface area contributed by atoms with E-state index in [1.807, 2.05) is 41.5 Å². The third-order valence-corrected chi connectivity index (χ3v) is 17.9. The Morgan fingerprint density at radius 1 is 0.567 bits per heavy atom. The standard InChI is InChI=1S/C37H41F3N6O4.C35H38F2N6O4/c1-19(2)28-30(21(4)12-14-41-28)46-33-23(16-25(40)29(42-33)27-20(3)10-9-11-24(27)39)31-32(35(46)48)43(15-13-38)34(47)26-18-44(22(5)17-45(26)31)36(49)50-37(6,7)8;1-17(2)26-29(19(4)12-13-38-26)43-31-21(14-23(37)27(39-31)25-18(3)10-9-11-22(25)36)30-28(33(43)45)40-32(44)24-16-41(20(5)15-42(24)30)34(46)47-35(6,7)8/h9-12,14,16,19,22,26H,13,15,17-18H2,1-8H3;9-14,17,20,24H,15-16H2,1-8H3,(H,40,44)/t22-,26-;20-,24-/m11/s1. The lowest BCUT2D eigenvalue weighted by Gasteiger charge is -2.50. The van der Waals surface area contributed by atoms with E-state index in [2.05, 4.69) is 15.3 Å². The van der Waals surface area contributed by atoms with Crippen molar-refractivity contribution in [2.75, 3.05) is 59.4 Å². The molecule has 0 bridgehead atoms. The summed E-state index contributed by atoms with van der Waals surface area (Å²) in [5, 5.41) is 3.19. The Bertz CT molecular complexity index is 4660. The Morgan fingerprint density at radius 3 is 1.43 bits per heavy atom. The van der Waals surface area contributed by atoms with Gasteiger partial charge in [0.05, 0.1) is 53.8 Å². The lowest BCUT2D eigenvalue weighted by atomic mass is 9.97. The summed E-state index contributed by atoms with van der Waals surface area (Å²) in [6.45, 7) is 27.4. The molecule has 0 radical (unpaired) electrons. The Balaban J connectivity index is 0.000000197. The second-order valence-electron chi connectivity index (χ2n) is 27.9. The van der Waals surface area contributed by atoms with Gasteiger partial charge in [0.15, 0.2) is 11.3 Å². The van der Waals surface area contributed by atoms with E-state index in [-0.39, 0.29) is 105 Å². The molecule has 25 heteroatoms. The lowest BCUT2D eigenvalue weighted by molar-refractivity contribution is -0.121. The van der Waals surface area contributed by atoms with E-state index < -0.39 is 107 Å². The number of anilines is 4. The zero-order chi connectivity index (χ0) is 70.5. The van der Waals surface area contributed by atoms with E-state index in [0.29, 0.717) is 45.0 Å². The van der Waals surface area contributed by atoms with Crippen molar-refractivity contribution in [1.82, 2.24) is 38.9 Å². The van der Waals surface area contributed by atoms with Gasteiger partial charge >= 0.3 is 12.2 Å². The minimum Gasteiger partial charge on any atom is -0.444 e. The van der Waals surface area contributed by atoms with Crippen LogP contribution in [0.25, 0.3) is 56.0 Å². The molecule has 20 nitrogen and oxygen atoms in total. The fourth-order valence-corrected chi connectivity index (χ4v) is 13.5. The SMILES string of the molecule is Cc1cccc(F)c1-c1nc2c(cc1F)c1c(c(=O)n2-c2c(C)ccnc2C(C)C)N(CCF)C(=O)[C@H]2CN(C(=O)OC(C)(C)C)[C@H](C)CN12.Cc1cccc(F)c1-c1nc2c(cc1F)c1c(c(=O)n2-c2c(C)ccnc2C(C)C)NC(=O)[C@H]2CN(C(=O)OC(C)(C)C)[C@H](C)CN12. The van der Waals surface area contributed by atoms with Crippen molar-refractivity contribution in [3.8, 4) is 33.9 Å². The number of benzene rings is 2. The Morgan fingerprint density at radius 2 is 1.00 bits per heavy atom. The molecule has 1 N–H and O–H groups in total. The van der Waals surface area contributed by atoms with E-state index in [0.717, 1.165) is 4.90 Å². The van der Waals surface area contributed by atoms with Crippen LogP contribution >= 0.6 is 0 Å². The summed E-state index contributed by atoms with van der Waals surface area (Å²) in [7, 11) is 0. The molecule has 2 aromatic carbocycles. The summed E-state index contributed by atoms with van der Waals surface area (Å²) in [5.74, 6) is -4.34. The van der Waals surface area contributed by atoms with Gasteiger partial charge in [0.1, 0.15) is 76.0 Å². The summed E-state index contributed by atoms with van der Waals surface area (Å²) < 4.78 is 91.5. The number of carbonyl (C=O) groups is 4. The van der Waals surface area contributed by atoms with Crippen LogP contribution in [0.4, 0.5) is 54.3 Å². The highest BCUT2D eigenvalue weighted by atomic mass is 19.1. The van der Waals surface area contributed by atoms with Gasteiger partial charge in [-0.15, -0.1) is 0 Å². The number of nitrogens with zero attached hydrogens (tertiary/aromatic N) is 11. The van der Waals surface area contributed by atoms with Crippen molar-refractivity contribution < 1.29 is 50.6 Å². The monoisotopic (exact) mass is 1330 g/mol. The van der Waals surface area contributed by atoms with Gasteiger partial charge < -0.3 is 39.3 Å². The Hall–Kier alpha value is -9.81. The van der Waals surface area contributed by atoms with Gasteiger partial charge in [0, 0.05) is 59.5 Å². The predicted octanol–water partition coefficient (Wildman–Crippen LogP) is 12.8. The normalized spacial score (nSPS) is 17.8. The number of hydrogen-bond acceptors (Lipinski definition) is 14. The molecule has 10 heterocycles. The third kappa shape index (κ3) is 12.3. The largest absolute Gasteiger partial charge is 0.444 e. The molecule has 2 saturated heterocycles. The first-order valence-electron chi connectivity index (χ1n) is 32.4. The number of alkyl halides is 1. The van der Waals surface area contributed by atoms with Crippen LogP contribution in [0.15, 0.2) is 82.6 Å². The quantitative estimate of drug-likeness (QED) is 0.140. The average Bonchev–Trinajstić information content (AvgIpc) is 0.712. The molecule has 4 amide bonds. The molecule has 2 fully saturated rings. The van der Waals surface area contributed by atoms with Gasteiger partial charge in [0.2, 0.25) is 5.91 Å². The minimum atomic E-state index is -1.04. The van der Waals surface area contributed by atoms with E-state index in [1.165, 1.54) is 55.3 Å². The second kappa shape index (κ2) is 25.6. The molecule has 4 aliphatic heterocycles. The van der Waals surface area contributed by atoms with E-state index in [9.17, 15) is 28.4 Å². The highest BCUT2D eigenvalue weighted by Gasteiger charge is 2.49. The maximum atomic E-state index is 16.4. The zero-order valence-electron chi connectivity index (χ0n) is 57.2. The van der Waals surface area contributed by atoms with Crippen molar-refractivity contribution >= 4 is 68.8 Å². The van der Waals surface area contributed by atoms with Gasteiger partial charge in [-0.1, -0.05) is 52.0 Å². The zero-order valence-corrected chi connectivity index (χ0v) is 57.2. The molecule has 97 heavy (non-hydrogen) atoms. The fourth-order valence-electron chi connectivity index (χ4n) is 13.5. The highest BCUT2D eigenvalue weighted by Crippen LogP contribution is 2.46. The Labute approximate surface area is 558 Å². The van der Waals surface area contributed by atoms with Crippen molar-refractivity contribution in [3.63, 3.8) is 0 Å². The first-order chi connectivity index (χ1) is 45.6. The highest BCUT2D eigenvalue weighted by molar-refractivity contribution is 6.13. The summed E-state index contributed by atoms with van der Waals surface area (Å²) >= 11 is 0. The van der Waals surface area contributed by atoms with Crippen LogP contribution in [-0.4, -0.2) is 138 Å². The van der Waals surface area contributed by atoms with Gasteiger partial charge in [0.25, 0.3) is 17.0 Å². The number of halogens is 5. The van der Waals surface area contributed by atoms with Crippen LogP contribution in [0.1, 0.15) is 129 Å². The molecule has 0 spiro atoms. The van der Waals surface area contributed by atoms with Gasteiger partial charge in [-0.2, -0.15) is 0 Å². The molecular formula is C72H79F5N12O8. The number of carbonyl (C=O) groups excluding carboxylic acids is 4. The molecule has 510 valence electrons. The molecule has 0 aliphatic carbocycles. The maximum absolute atomic E-state index is 16.4. The maximum Gasteiger partial charge on any atom is 0.410 e. The third-order valence-electron chi connectivity index (χ3n) is 17.9. The average molecular weight is 1340 g/mol. The van der Waals surface area contributed by atoms with Crippen LogP contribution in [0.2, 0.25) is 0 Å². The Kier molecular flexibility index (Phi) is 18.1. The van der Waals surface area contributed by atoms with Crippen molar-refractivity contribution in [2.45, 2.75) is 158 Å². The van der Waals surface area contributed by atoms with Crippen molar-refractivity contribution in [1.29, 1.82) is 0 Å². The number of rotatable bonds is 8. The molecule has 12 rings (SSSR count). The molecular weight excluding hydrogens is 1260 g/mol. The first kappa shape index (κ1) is 68.6. The molecule has 8 aromatic rings. The predicted molar refractivity (Wildman–Crippen MR) is 362 cm³/mol. The summed E-state index contributed by atoms with van der Waals surface area (Å²) in [6.07, 6.45) is 2.09. The molecule has 0 saturated carbocycles. The van der Waals surface area contributed by atoms with Crippen molar-refractivity contribution in [2.24, 2.45) is 0 Å². The molecule has 0 unspecified atom stereocenters. The topological polar surface area (TPSA) is 211 Å². The number of pyridine rings is 6. The summed E-state index contributed by atoms with van der Waals surface area (Å²) in [4.78, 5) is 110. The number of ether oxygens (including phenoxy) is 2. The van der Waals surface area contributed by atoms with Crippen LogP contribution in [0.5, 0.6) is 0 Å². The van der Waals surface area contributed by atoms with E-state index >= 15 is 22.4 Å². The van der Waals surface area contributed by atoms with Gasteiger partial charge in [-0.25, -0.2) is 41.5 Å². The first-order valence-corrected chi connectivity index (χ1v) is 32.4. The van der Waals surface area contributed by atoms with Crippen LogP contribution in [0, 0.1) is 51.0 Å². The minimum absolute atomic E-state index is 0.0126. The fraction of sp³-hybridized carbons (Fsp3) is 0.417. The molecule has 4 atom stereocenters. The molecule has 4 aliphatic rings. The number of aromatic nitrogens is 6. The number of fused-ring (bicyclic) bond motifs is 10. The van der Waals surface area contributed by atoms with Gasteiger partial charge in [-0.05, 0) is 154 Å². The van der Waals surface area contributed by atoms with Crippen molar-refractivity contribution in [3.05, 3.63) is 151 Å². The second-order valence-corrected chi connectivity index (χ2v) is 27.9.